The lowest BCUT2D eigenvalue weighted by Crippen LogP contribution is -2.07. The summed E-state index contributed by atoms with van der Waals surface area (Å²) in [6.45, 7) is 16.3. The lowest BCUT2D eigenvalue weighted by molar-refractivity contribution is 0.350. The molecular formula is C22H40. The molecule has 2 saturated carbocycles. The van der Waals surface area contributed by atoms with Crippen molar-refractivity contribution in [2.45, 2.75) is 86.0 Å². The van der Waals surface area contributed by atoms with Crippen molar-refractivity contribution in [1.29, 1.82) is 0 Å². The molecule has 0 heteroatoms. The first-order valence-corrected chi connectivity index (χ1v) is 10.1. The molecule has 6 atom stereocenters. The number of allylic oxidation sites excluding steroid dienone is 1. The molecule has 0 amide bonds. The Kier molecular flexibility index (Phi) is 6.59. The van der Waals surface area contributed by atoms with E-state index in [1.807, 2.05) is 0 Å². The Balaban J connectivity index is 1.62. The van der Waals surface area contributed by atoms with Crippen molar-refractivity contribution < 1.29 is 0 Å². The molecule has 0 aliphatic heterocycles. The molecule has 0 heterocycles. The summed E-state index contributed by atoms with van der Waals surface area (Å²) >= 11 is 0. The third-order valence-electron chi connectivity index (χ3n) is 7.10. The van der Waals surface area contributed by atoms with E-state index >= 15 is 0 Å². The monoisotopic (exact) mass is 304 g/mol. The number of rotatable bonds is 8. The van der Waals surface area contributed by atoms with Gasteiger partial charge in [0.15, 0.2) is 0 Å². The van der Waals surface area contributed by atoms with Gasteiger partial charge in [0.25, 0.3) is 0 Å². The molecule has 0 bridgehead atoms. The summed E-state index contributed by atoms with van der Waals surface area (Å²) in [5.74, 6) is 6.71. The normalized spacial score (nSPS) is 35.8. The molecule has 0 aromatic rings. The van der Waals surface area contributed by atoms with E-state index in [1.54, 1.807) is 0 Å². The van der Waals surface area contributed by atoms with E-state index < -0.39 is 0 Å². The Morgan fingerprint density at radius 2 is 1.77 bits per heavy atom. The highest BCUT2D eigenvalue weighted by Crippen LogP contribution is 2.58. The van der Waals surface area contributed by atoms with E-state index in [4.69, 9.17) is 0 Å². The van der Waals surface area contributed by atoms with Crippen LogP contribution in [0, 0.1) is 41.4 Å². The smallest absolute Gasteiger partial charge is 0.0211 e. The van der Waals surface area contributed by atoms with Crippen LogP contribution in [-0.2, 0) is 0 Å². The summed E-state index contributed by atoms with van der Waals surface area (Å²) in [6.07, 6.45) is 11.5. The van der Waals surface area contributed by atoms with E-state index in [0.717, 1.165) is 35.5 Å². The van der Waals surface area contributed by atoms with Gasteiger partial charge < -0.3 is 0 Å². The van der Waals surface area contributed by atoms with Crippen LogP contribution in [0.1, 0.15) is 86.0 Å². The zero-order chi connectivity index (χ0) is 16.3. The highest BCUT2D eigenvalue weighted by Gasteiger charge is 2.51. The predicted octanol–water partition coefficient (Wildman–Crippen LogP) is 7.10. The summed E-state index contributed by atoms with van der Waals surface area (Å²) < 4.78 is 0. The molecule has 0 aromatic carbocycles. The van der Waals surface area contributed by atoms with Crippen LogP contribution in [0.2, 0.25) is 0 Å². The highest BCUT2D eigenvalue weighted by molar-refractivity contribution is 5.01. The minimum absolute atomic E-state index is 0.691. The van der Waals surface area contributed by atoms with E-state index in [2.05, 4.69) is 41.2 Å². The average molecular weight is 305 g/mol. The van der Waals surface area contributed by atoms with E-state index in [-0.39, 0.29) is 0 Å². The second-order valence-corrected chi connectivity index (χ2v) is 9.07. The third-order valence-corrected chi connectivity index (χ3v) is 7.10. The van der Waals surface area contributed by atoms with Crippen LogP contribution in [0.25, 0.3) is 0 Å². The second kappa shape index (κ2) is 8.02. The van der Waals surface area contributed by atoms with E-state index in [9.17, 15) is 0 Å². The zero-order valence-electron chi connectivity index (χ0n) is 15.9. The maximum absolute atomic E-state index is 4.31. The van der Waals surface area contributed by atoms with Crippen molar-refractivity contribution in [2.75, 3.05) is 0 Å². The SMILES string of the molecule is C=C(CCCCCC1CCC(C)CC2C(C)C12)C(C)C(C)C. The molecule has 0 saturated heterocycles. The molecule has 6 unspecified atom stereocenters. The van der Waals surface area contributed by atoms with Crippen molar-refractivity contribution in [3.63, 3.8) is 0 Å². The van der Waals surface area contributed by atoms with Gasteiger partial charge in [-0.05, 0) is 67.1 Å². The number of fused-ring (bicyclic) bond motifs is 1. The van der Waals surface area contributed by atoms with Gasteiger partial charge in [0, 0.05) is 0 Å². The average Bonchev–Trinajstić information content (AvgIpc) is 3.13. The van der Waals surface area contributed by atoms with Gasteiger partial charge in [-0.15, -0.1) is 0 Å². The Morgan fingerprint density at radius 1 is 1.05 bits per heavy atom. The van der Waals surface area contributed by atoms with E-state index in [1.165, 1.54) is 56.9 Å². The fourth-order valence-corrected chi connectivity index (χ4v) is 4.97. The third kappa shape index (κ3) is 4.62. The van der Waals surface area contributed by atoms with Crippen molar-refractivity contribution in [3.05, 3.63) is 12.2 Å². The van der Waals surface area contributed by atoms with E-state index in [0.29, 0.717) is 5.92 Å². The fraction of sp³-hybridized carbons (Fsp3) is 0.909. The van der Waals surface area contributed by atoms with Crippen LogP contribution in [-0.4, -0.2) is 0 Å². The summed E-state index contributed by atoms with van der Waals surface area (Å²) in [6, 6.07) is 0. The van der Waals surface area contributed by atoms with Crippen LogP contribution in [0.15, 0.2) is 12.2 Å². The lowest BCUT2D eigenvalue weighted by Gasteiger charge is -2.19. The van der Waals surface area contributed by atoms with Crippen LogP contribution in [0.4, 0.5) is 0 Å². The van der Waals surface area contributed by atoms with Gasteiger partial charge in [0.1, 0.15) is 0 Å². The Morgan fingerprint density at radius 3 is 2.45 bits per heavy atom. The number of unbranched alkanes of at least 4 members (excludes halogenated alkanes) is 2. The Labute approximate surface area is 140 Å². The van der Waals surface area contributed by atoms with Gasteiger partial charge in [0.2, 0.25) is 0 Å². The zero-order valence-corrected chi connectivity index (χ0v) is 15.9. The molecule has 0 nitrogen and oxygen atoms in total. The maximum atomic E-state index is 4.31. The first-order valence-electron chi connectivity index (χ1n) is 10.1. The summed E-state index contributed by atoms with van der Waals surface area (Å²) in [5.41, 5.74) is 1.48. The second-order valence-electron chi connectivity index (χ2n) is 9.07. The molecule has 2 rings (SSSR count). The van der Waals surface area contributed by atoms with Gasteiger partial charge in [-0.2, -0.15) is 0 Å². The van der Waals surface area contributed by atoms with Crippen molar-refractivity contribution in [1.82, 2.24) is 0 Å². The number of hydrogen-bond acceptors (Lipinski definition) is 0. The van der Waals surface area contributed by atoms with Crippen molar-refractivity contribution in [3.8, 4) is 0 Å². The minimum Gasteiger partial charge on any atom is -0.0996 e. The van der Waals surface area contributed by atoms with Gasteiger partial charge in [0.05, 0.1) is 0 Å². The molecule has 2 aliphatic rings. The first-order chi connectivity index (χ1) is 10.4. The van der Waals surface area contributed by atoms with Gasteiger partial charge in [-0.25, -0.2) is 0 Å². The molecule has 0 radical (unpaired) electrons. The summed E-state index contributed by atoms with van der Waals surface area (Å²) in [7, 11) is 0. The predicted molar refractivity (Wildman–Crippen MR) is 98.9 cm³/mol. The molecule has 0 N–H and O–H groups in total. The molecule has 2 fully saturated rings. The Bertz CT molecular complexity index is 353. The Hall–Kier alpha value is -0.260. The molecule has 0 spiro atoms. The minimum atomic E-state index is 0.691. The lowest BCUT2D eigenvalue weighted by atomic mass is 9.87. The van der Waals surface area contributed by atoms with Crippen molar-refractivity contribution in [2.24, 2.45) is 41.4 Å². The largest absolute Gasteiger partial charge is 0.0996 e. The molecular weight excluding hydrogens is 264 g/mol. The molecule has 0 aromatic heterocycles. The van der Waals surface area contributed by atoms with Gasteiger partial charge >= 0.3 is 0 Å². The van der Waals surface area contributed by atoms with Crippen LogP contribution >= 0.6 is 0 Å². The van der Waals surface area contributed by atoms with Gasteiger partial charge in [-0.1, -0.05) is 72.5 Å². The molecule has 128 valence electrons. The summed E-state index contributed by atoms with van der Waals surface area (Å²) in [4.78, 5) is 0. The quantitative estimate of drug-likeness (QED) is 0.331. The molecule has 2 aliphatic carbocycles. The van der Waals surface area contributed by atoms with Crippen LogP contribution in [0.5, 0.6) is 0 Å². The number of hydrogen-bond donors (Lipinski definition) is 0. The fourth-order valence-electron chi connectivity index (χ4n) is 4.97. The maximum Gasteiger partial charge on any atom is -0.0211 e. The highest BCUT2D eigenvalue weighted by atomic mass is 14.6. The standard InChI is InChI=1S/C22H40/c1-15(2)18(5)17(4)10-8-7-9-11-20-13-12-16(3)14-21-19(6)22(20)21/h15-16,18-22H,4,7-14H2,1-3,5-6H3. The topological polar surface area (TPSA) is 0 Å². The van der Waals surface area contributed by atoms with Crippen LogP contribution < -0.4 is 0 Å². The van der Waals surface area contributed by atoms with Gasteiger partial charge in [-0.3, -0.25) is 0 Å². The van der Waals surface area contributed by atoms with Crippen LogP contribution in [0.3, 0.4) is 0 Å². The first kappa shape index (κ1) is 18.1. The van der Waals surface area contributed by atoms with Crippen molar-refractivity contribution >= 4 is 0 Å². The summed E-state index contributed by atoms with van der Waals surface area (Å²) in [5, 5.41) is 0. The molecule has 22 heavy (non-hydrogen) atoms.